The molecule has 0 aromatic heterocycles. The Hall–Kier alpha value is -2.27. The van der Waals surface area contributed by atoms with Crippen LogP contribution in [0.4, 0.5) is 18.9 Å². The molecule has 4 rings (SSSR count). The van der Waals surface area contributed by atoms with E-state index in [1.165, 1.54) is 18.2 Å². The summed E-state index contributed by atoms with van der Waals surface area (Å²) in [6.07, 6.45) is 1.41. The van der Waals surface area contributed by atoms with Crippen molar-refractivity contribution in [2.24, 2.45) is 17.8 Å². The Kier molecular flexibility index (Phi) is 3.54. The van der Waals surface area contributed by atoms with Crippen molar-refractivity contribution < 1.29 is 21.6 Å². The van der Waals surface area contributed by atoms with Crippen molar-refractivity contribution in [2.45, 2.75) is 23.9 Å². The van der Waals surface area contributed by atoms with Gasteiger partial charge in [0.15, 0.2) is 0 Å². The van der Waals surface area contributed by atoms with Crippen LogP contribution in [0.3, 0.4) is 0 Å². The molecule has 4 nitrogen and oxygen atoms in total. The summed E-state index contributed by atoms with van der Waals surface area (Å²) in [5.74, 6) is -0.228. The molecular formula is C18H15F3N2O2S. The monoisotopic (exact) mass is 380 g/mol. The van der Waals surface area contributed by atoms with Crippen LogP contribution in [0.25, 0.3) is 0 Å². The number of halogens is 3. The van der Waals surface area contributed by atoms with Crippen molar-refractivity contribution in [3.8, 4) is 6.07 Å². The normalized spacial score (nSPS) is 33.9. The molecule has 1 heterocycles. The second-order valence-corrected chi connectivity index (χ2v) is 8.86. The second-order valence-electron chi connectivity index (χ2n) is 6.90. The lowest BCUT2D eigenvalue weighted by atomic mass is 9.86. The van der Waals surface area contributed by atoms with E-state index in [4.69, 9.17) is 5.26 Å². The van der Waals surface area contributed by atoms with Crippen LogP contribution >= 0.6 is 0 Å². The van der Waals surface area contributed by atoms with Gasteiger partial charge in [0.05, 0.1) is 34.2 Å². The Bertz CT molecular complexity index is 962. The highest BCUT2D eigenvalue weighted by atomic mass is 32.2. The van der Waals surface area contributed by atoms with Gasteiger partial charge in [-0.1, -0.05) is 18.2 Å². The number of sulfonamides is 1. The summed E-state index contributed by atoms with van der Waals surface area (Å²) < 4.78 is 67.2. The molecule has 1 aromatic carbocycles. The maximum atomic E-state index is 13.3. The number of nitrogens with zero attached hydrogens (tertiary/aromatic N) is 2. The number of anilines is 1. The Balaban J connectivity index is 1.86. The molecule has 8 heteroatoms. The van der Waals surface area contributed by atoms with Gasteiger partial charge in [0.2, 0.25) is 10.0 Å². The van der Waals surface area contributed by atoms with Crippen LogP contribution in [-0.4, -0.2) is 19.7 Å². The molecule has 1 saturated heterocycles. The number of hydrogen-bond acceptors (Lipinski definition) is 3. The molecular weight excluding hydrogens is 365 g/mol. The van der Waals surface area contributed by atoms with Crippen molar-refractivity contribution in [1.82, 2.24) is 0 Å². The lowest BCUT2D eigenvalue weighted by Crippen LogP contribution is -2.36. The molecule has 1 saturated carbocycles. The molecule has 2 bridgehead atoms. The standard InChI is InChI=1S/C18H15F3N2O2S/c1-2-15-16-10-3-4-11(7-10)17(16)26(24,25)23(15)13-6-5-12(9-22)14(8-13)18(19,20)21/h2-6,8,10-11,15-17H,1,7H2/t10-,11+,15?,16+,17+/m0/s1. The van der Waals surface area contributed by atoms with Gasteiger partial charge in [-0.15, -0.1) is 6.58 Å². The van der Waals surface area contributed by atoms with E-state index in [0.717, 1.165) is 22.9 Å². The highest BCUT2D eigenvalue weighted by Crippen LogP contribution is 2.55. The first kappa shape index (κ1) is 17.2. The molecule has 2 fully saturated rings. The minimum Gasteiger partial charge on any atom is -0.263 e. The van der Waals surface area contributed by atoms with E-state index >= 15 is 0 Å². The van der Waals surface area contributed by atoms with Crippen LogP contribution in [0, 0.1) is 29.1 Å². The molecule has 26 heavy (non-hydrogen) atoms. The molecule has 136 valence electrons. The van der Waals surface area contributed by atoms with Crippen molar-refractivity contribution in [2.75, 3.05) is 4.31 Å². The number of fused-ring (bicyclic) bond motifs is 5. The fraction of sp³-hybridized carbons (Fsp3) is 0.389. The second kappa shape index (κ2) is 5.36. The van der Waals surface area contributed by atoms with Crippen LogP contribution in [0.2, 0.25) is 0 Å². The summed E-state index contributed by atoms with van der Waals surface area (Å²) in [5, 5.41) is 8.31. The van der Waals surface area contributed by atoms with Crippen LogP contribution in [0.1, 0.15) is 17.5 Å². The Morgan fingerprint density at radius 2 is 1.96 bits per heavy atom. The predicted molar refractivity (Wildman–Crippen MR) is 89.6 cm³/mol. The van der Waals surface area contributed by atoms with E-state index in [1.807, 2.05) is 12.2 Å². The zero-order valence-electron chi connectivity index (χ0n) is 13.5. The zero-order valence-corrected chi connectivity index (χ0v) is 14.3. The number of nitriles is 1. The fourth-order valence-electron chi connectivity index (χ4n) is 4.71. The largest absolute Gasteiger partial charge is 0.417 e. The van der Waals surface area contributed by atoms with Crippen LogP contribution < -0.4 is 4.31 Å². The van der Waals surface area contributed by atoms with Gasteiger partial charge in [0.1, 0.15) is 0 Å². The molecule has 0 radical (unpaired) electrons. The summed E-state index contributed by atoms with van der Waals surface area (Å²) >= 11 is 0. The number of rotatable bonds is 2. The van der Waals surface area contributed by atoms with Gasteiger partial charge >= 0.3 is 6.18 Å². The van der Waals surface area contributed by atoms with Crippen molar-refractivity contribution in [3.63, 3.8) is 0 Å². The van der Waals surface area contributed by atoms with Gasteiger partial charge in [0.25, 0.3) is 0 Å². The van der Waals surface area contributed by atoms with Crippen molar-refractivity contribution in [1.29, 1.82) is 5.26 Å². The van der Waals surface area contributed by atoms with E-state index in [0.29, 0.717) is 0 Å². The van der Waals surface area contributed by atoms with E-state index in [-0.39, 0.29) is 23.4 Å². The van der Waals surface area contributed by atoms with Gasteiger partial charge in [-0.2, -0.15) is 18.4 Å². The van der Waals surface area contributed by atoms with Gasteiger partial charge in [-0.3, -0.25) is 4.31 Å². The van der Waals surface area contributed by atoms with E-state index in [2.05, 4.69) is 6.58 Å². The average Bonchev–Trinajstić information content (AvgIpc) is 3.24. The minimum absolute atomic E-state index is 0.0741. The van der Waals surface area contributed by atoms with E-state index in [9.17, 15) is 21.6 Å². The Labute approximate surface area is 149 Å². The Morgan fingerprint density at radius 1 is 1.27 bits per heavy atom. The summed E-state index contributed by atoms with van der Waals surface area (Å²) in [4.78, 5) is 0. The van der Waals surface area contributed by atoms with Gasteiger partial charge in [-0.25, -0.2) is 8.42 Å². The van der Waals surface area contributed by atoms with Crippen LogP contribution in [0.15, 0.2) is 43.0 Å². The highest BCUT2D eigenvalue weighted by Gasteiger charge is 2.62. The lowest BCUT2D eigenvalue weighted by Gasteiger charge is -2.27. The number of benzene rings is 1. The molecule has 1 unspecified atom stereocenters. The first-order valence-electron chi connectivity index (χ1n) is 8.15. The van der Waals surface area contributed by atoms with Crippen LogP contribution in [0.5, 0.6) is 0 Å². The number of hydrogen-bond donors (Lipinski definition) is 0. The summed E-state index contributed by atoms with van der Waals surface area (Å²) in [6.45, 7) is 3.73. The topological polar surface area (TPSA) is 61.2 Å². The predicted octanol–water partition coefficient (Wildman–Crippen LogP) is 3.47. The summed E-state index contributed by atoms with van der Waals surface area (Å²) in [7, 11) is -3.83. The maximum Gasteiger partial charge on any atom is 0.417 e. The molecule has 1 aliphatic heterocycles. The molecule has 3 aliphatic rings. The first-order valence-corrected chi connectivity index (χ1v) is 9.66. The molecule has 0 spiro atoms. The minimum atomic E-state index is -4.75. The Morgan fingerprint density at radius 3 is 2.58 bits per heavy atom. The van der Waals surface area contributed by atoms with E-state index in [1.54, 1.807) is 0 Å². The lowest BCUT2D eigenvalue weighted by molar-refractivity contribution is -0.137. The smallest absolute Gasteiger partial charge is 0.263 e. The van der Waals surface area contributed by atoms with Gasteiger partial charge in [0, 0.05) is 5.92 Å². The first-order chi connectivity index (χ1) is 12.2. The number of allylic oxidation sites excluding steroid dienone is 2. The SMILES string of the molecule is C=CC1[C@@H]2[C@@H]([C@@H]3C=C[C@H]2C3)S(=O)(=O)N1c1ccc(C#N)c(C(F)(F)F)c1. The molecule has 2 aliphatic carbocycles. The van der Waals surface area contributed by atoms with Crippen molar-refractivity contribution in [3.05, 3.63) is 54.1 Å². The van der Waals surface area contributed by atoms with Crippen molar-refractivity contribution >= 4 is 15.7 Å². The quantitative estimate of drug-likeness (QED) is 0.738. The average molecular weight is 380 g/mol. The van der Waals surface area contributed by atoms with Crippen LogP contribution in [-0.2, 0) is 16.2 Å². The third kappa shape index (κ3) is 2.16. The third-order valence-corrected chi connectivity index (χ3v) is 8.01. The third-order valence-electron chi connectivity index (χ3n) is 5.65. The molecule has 5 atom stereocenters. The highest BCUT2D eigenvalue weighted by molar-refractivity contribution is 7.93. The zero-order chi connectivity index (χ0) is 18.9. The fourth-order valence-corrected chi connectivity index (χ4v) is 7.35. The summed E-state index contributed by atoms with van der Waals surface area (Å²) in [6, 6.07) is 3.95. The van der Waals surface area contributed by atoms with Gasteiger partial charge in [-0.05, 0) is 36.5 Å². The molecule has 0 N–H and O–H groups in total. The molecule has 1 aromatic rings. The summed E-state index contributed by atoms with van der Waals surface area (Å²) in [5.41, 5.74) is -1.74. The van der Waals surface area contributed by atoms with E-state index < -0.39 is 38.6 Å². The molecule has 0 amide bonds. The van der Waals surface area contributed by atoms with Gasteiger partial charge < -0.3 is 0 Å². The maximum absolute atomic E-state index is 13.3. The number of alkyl halides is 3.